The highest BCUT2D eigenvalue weighted by Gasteiger charge is 2.08. The van der Waals surface area contributed by atoms with Gasteiger partial charge in [0.1, 0.15) is 0 Å². The summed E-state index contributed by atoms with van der Waals surface area (Å²) in [6.07, 6.45) is 1.74. The lowest BCUT2D eigenvalue weighted by Gasteiger charge is -2.08. The zero-order valence-corrected chi connectivity index (χ0v) is 12.1. The Labute approximate surface area is 115 Å². The zero-order chi connectivity index (χ0) is 12.0. The Balaban J connectivity index is 2.44. The molecule has 1 rings (SSSR count). The molecule has 0 aromatic heterocycles. The van der Waals surface area contributed by atoms with E-state index in [1.54, 1.807) is 0 Å². The number of amides is 1. The molecule has 1 atom stereocenters. The van der Waals surface area contributed by atoms with E-state index in [1.165, 1.54) is 0 Å². The van der Waals surface area contributed by atoms with E-state index in [2.05, 4.69) is 27.9 Å². The van der Waals surface area contributed by atoms with Crippen LogP contribution in [-0.4, -0.2) is 17.8 Å². The first kappa shape index (κ1) is 13.8. The van der Waals surface area contributed by atoms with E-state index in [0.29, 0.717) is 6.54 Å². The van der Waals surface area contributed by atoms with E-state index in [4.69, 9.17) is 11.6 Å². The Morgan fingerprint density at radius 2 is 2.19 bits per heavy atom. The van der Waals surface area contributed by atoms with Crippen molar-refractivity contribution in [3.05, 3.63) is 33.4 Å². The van der Waals surface area contributed by atoms with Gasteiger partial charge in [0.15, 0.2) is 0 Å². The number of hydrogen-bond acceptors (Lipinski definition) is 1. The van der Waals surface area contributed by atoms with Crippen LogP contribution in [0, 0.1) is 3.57 Å². The fourth-order valence-electron chi connectivity index (χ4n) is 1.29. The van der Waals surface area contributed by atoms with Gasteiger partial charge in [-0.15, -0.1) is 11.6 Å². The smallest absolute Gasteiger partial charge is 0.252 e. The van der Waals surface area contributed by atoms with Crippen molar-refractivity contribution >= 4 is 40.1 Å². The molecule has 0 fully saturated rings. The Morgan fingerprint density at radius 1 is 1.50 bits per heavy atom. The van der Waals surface area contributed by atoms with Crippen LogP contribution in [0.4, 0.5) is 0 Å². The number of benzene rings is 1. The fraction of sp³-hybridized carbons (Fsp3) is 0.417. The molecule has 0 aliphatic carbocycles. The van der Waals surface area contributed by atoms with Gasteiger partial charge in [-0.2, -0.15) is 0 Å². The summed E-state index contributed by atoms with van der Waals surface area (Å²) in [5.41, 5.74) is 0.728. The van der Waals surface area contributed by atoms with Gasteiger partial charge in [0.25, 0.3) is 5.91 Å². The van der Waals surface area contributed by atoms with Gasteiger partial charge in [-0.3, -0.25) is 4.79 Å². The van der Waals surface area contributed by atoms with Gasteiger partial charge in [-0.05, 0) is 47.6 Å². The predicted octanol–water partition coefficient (Wildman–Crippen LogP) is 3.43. The Hall–Kier alpha value is -0.290. The Bertz CT molecular complexity index is 357. The molecular weight excluding hydrogens is 336 g/mol. The number of halogens is 2. The number of hydrogen-bond donors (Lipinski definition) is 1. The molecule has 16 heavy (non-hydrogen) atoms. The molecule has 0 bridgehead atoms. The van der Waals surface area contributed by atoms with E-state index in [0.717, 1.165) is 22.0 Å². The second-order valence-corrected chi connectivity index (χ2v) is 5.31. The van der Waals surface area contributed by atoms with Gasteiger partial charge in [0, 0.05) is 15.5 Å². The Morgan fingerprint density at radius 3 is 2.81 bits per heavy atom. The number of rotatable bonds is 5. The molecule has 0 aliphatic heterocycles. The molecule has 0 aliphatic rings. The number of carbonyl (C=O) groups excluding carboxylic acids is 1. The van der Waals surface area contributed by atoms with E-state index in [1.807, 2.05) is 31.2 Å². The molecule has 1 aromatic rings. The van der Waals surface area contributed by atoms with Gasteiger partial charge in [0.2, 0.25) is 0 Å². The van der Waals surface area contributed by atoms with Crippen LogP contribution in [-0.2, 0) is 0 Å². The largest absolute Gasteiger partial charge is 0.352 e. The summed E-state index contributed by atoms with van der Waals surface area (Å²) in [5, 5.41) is 3.03. The van der Waals surface area contributed by atoms with Crippen LogP contribution < -0.4 is 5.32 Å². The number of nitrogens with one attached hydrogen (secondary N) is 1. The van der Waals surface area contributed by atoms with Crippen LogP contribution in [0.15, 0.2) is 24.3 Å². The van der Waals surface area contributed by atoms with E-state index in [-0.39, 0.29) is 11.3 Å². The van der Waals surface area contributed by atoms with E-state index >= 15 is 0 Å². The highest BCUT2D eigenvalue weighted by Crippen LogP contribution is 2.11. The molecule has 1 N–H and O–H groups in total. The number of alkyl halides is 1. The van der Waals surface area contributed by atoms with Crippen molar-refractivity contribution in [3.63, 3.8) is 0 Å². The lowest BCUT2D eigenvalue weighted by atomic mass is 10.2. The summed E-state index contributed by atoms with van der Waals surface area (Å²) in [5.74, 6) is -0.0232. The molecule has 2 nitrogen and oxygen atoms in total. The van der Waals surface area contributed by atoms with Crippen molar-refractivity contribution in [1.29, 1.82) is 0 Å². The van der Waals surface area contributed by atoms with Crippen LogP contribution in [0.3, 0.4) is 0 Å². The second kappa shape index (κ2) is 7.12. The minimum Gasteiger partial charge on any atom is -0.352 e. The molecule has 0 heterocycles. The molecule has 0 saturated heterocycles. The van der Waals surface area contributed by atoms with Crippen LogP contribution in [0.5, 0.6) is 0 Å². The van der Waals surface area contributed by atoms with Crippen molar-refractivity contribution in [2.75, 3.05) is 6.54 Å². The summed E-state index contributed by atoms with van der Waals surface area (Å²) in [4.78, 5) is 11.8. The topological polar surface area (TPSA) is 29.1 Å². The fourth-order valence-corrected chi connectivity index (χ4v) is 2.03. The molecule has 0 radical (unpaired) electrons. The minimum atomic E-state index is -0.0232. The van der Waals surface area contributed by atoms with Crippen LogP contribution in [0.1, 0.15) is 30.1 Å². The molecule has 1 aromatic carbocycles. The van der Waals surface area contributed by atoms with Gasteiger partial charge < -0.3 is 5.32 Å². The third-order valence-electron chi connectivity index (χ3n) is 2.30. The molecule has 88 valence electrons. The lowest BCUT2D eigenvalue weighted by Crippen LogP contribution is -2.26. The van der Waals surface area contributed by atoms with Crippen molar-refractivity contribution in [1.82, 2.24) is 5.32 Å². The molecular formula is C12H15ClINO. The predicted molar refractivity (Wildman–Crippen MR) is 76.0 cm³/mol. The third kappa shape index (κ3) is 4.29. The first-order valence-electron chi connectivity index (χ1n) is 5.32. The van der Waals surface area contributed by atoms with Gasteiger partial charge in [0.05, 0.1) is 5.56 Å². The maximum absolute atomic E-state index is 11.8. The van der Waals surface area contributed by atoms with E-state index in [9.17, 15) is 4.79 Å². The third-order valence-corrected chi connectivity index (χ3v) is 3.77. The average molecular weight is 352 g/mol. The van der Waals surface area contributed by atoms with Crippen molar-refractivity contribution < 1.29 is 4.79 Å². The van der Waals surface area contributed by atoms with Gasteiger partial charge in [-0.25, -0.2) is 0 Å². The van der Waals surface area contributed by atoms with Gasteiger partial charge >= 0.3 is 0 Å². The van der Waals surface area contributed by atoms with Crippen molar-refractivity contribution in [3.8, 4) is 0 Å². The maximum atomic E-state index is 11.8. The second-order valence-electron chi connectivity index (χ2n) is 3.53. The van der Waals surface area contributed by atoms with Crippen molar-refractivity contribution in [2.45, 2.75) is 25.1 Å². The summed E-state index contributed by atoms with van der Waals surface area (Å²) in [6.45, 7) is 2.67. The molecule has 0 spiro atoms. The quantitative estimate of drug-likeness (QED) is 0.639. The molecule has 1 amide bonds. The van der Waals surface area contributed by atoms with Crippen LogP contribution in [0.2, 0.25) is 0 Å². The van der Waals surface area contributed by atoms with Crippen molar-refractivity contribution in [2.24, 2.45) is 0 Å². The normalized spacial score (nSPS) is 12.2. The first-order chi connectivity index (χ1) is 7.65. The summed E-state index contributed by atoms with van der Waals surface area (Å²) >= 11 is 8.13. The standard InChI is InChI=1S/C12H15ClINO/c1-2-9(13)7-8-15-12(16)10-5-3-4-6-11(10)14/h3-6,9H,2,7-8H2,1H3,(H,15,16). The van der Waals surface area contributed by atoms with Crippen LogP contribution >= 0.6 is 34.2 Å². The lowest BCUT2D eigenvalue weighted by molar-refractivity contribution is 0.0952. The van der Waals surface area contributed by atoms with E-state index < -0.39 is 0 Å². The number of carbonyl (C=O) groups is 1. The first-order valence-corrected chi connectivity index (χ1v) is 6.83. The summed E-state index contributed by atoms with van der Waals surface area (Å²) in [6, 6.07) is 7.54. The van der Waals surface area contributed by atoms with Gasteiger partial charge in [-0.1, -0.05) is 19.1 Å². The maximum Gasteiger partial charge on any atom is 0.252 e. The highest BCUT2D eigenvalue weighted by atomic mass is 127. The summed E-state index contributed by atoms with van der Waals surface area (Å²) < 4.78 is 0.968. The molecule has 4 heteroatoms. The average Bonchev–Trinajstić information content (AvgIpc) is 2.29. The SMILES string of the molecule is CCC(Cl)CCNC(=O)c1ccccc1I. The highest BCUT2D eigenvalue weighted by molar-refractivity contribution is 14.1. The summed E-state index contributed by atoms with van der Waals surface area (Å²) in [7, 11) is 0. The monoisotopic (exact) mass is 351 g/mol. The zero-order valence-electron chi connectivity index (χ0n) is 9.17. The molecule has 1 unspecified atom stereocenters. The Kier molecular flexibility index (Phi) is 6.13. The van der Waals surface area contributed by atoms with Crippen LogP contribution in [0.25, 0.3) is 0 Å². The minimum absolute atomic E-state index is 0.0232. The molecule has 0 saturated carbocycles.